The number of likely N-dealkylation sites (N-methyl/N-ethyl adjacent to an activating group) is 1. The largest absolute Gasteiger partial charge is 0.378 e. The van der Waals surface area contributed by atoms with Crippen LogP contribution in [0.5, 0.6) is 0 Å². The van der Waals surface area contributed by atoms with Crippen LogP contribution in [0.25, 0.3) is 0 Å². The van der Waals surface area contributed by atoms with Gasteiger partial charge in [0.1, 0.15) is 0 Å². The molecule has 104 valence electrons. The van der Waals surface area contributed by atoms with Crippen LogP contribution in [-0.2, 0) is 11.2 Å². The van der Waals surface area contributed by atoms with Crippen LogP contribution in [0, 0.1) is 0 Å². The fourth-order valence-electron chi connectivity index (χ4n) is 1.96. The zero-order chi connectivity index (χ0) is 14.4. The summed E-state index contributed by atoms with van der Waals surface area (Å²) in [6.07, 6.45) is 4.04. The molecule has 0 aliphatic heterocycles. The molecule has 2 rings (SSSR count). The second kappa shape index (κ2) is 6.70. The summed E-state index contributed by atoms with van der Waals surface area (Å²) in [5.41, 5.74) is 3.17. The summed E-state index contributed by atoms with van der Waals surface area (Å²) in [5.74, 6) is 0.0226. The summed E-state index contributed by atoms with van der Waals surface area (Å²) < 4.78 is 0. The number of anilines is 1. The number of amides is 1. The third-order valence-electron chi connectivity index (χ3n) is 3.17. The Morgan fingerprint density at radius 1 is 1.25 bits per heavy atom. The molecule has 0 saturated carbocycles. The van der Waals surface area contributed by atoms with Gasteiger partial charge in [0.25, 0.3) is 0 Å². The lowest BCUT2D eigenvalue weighted by Crippen LogP contribution is -2.19. The van der Waals surface area contributed by atoms with Crippen LogP contribution in [-0.4, -0.2) is 17.9 Å². The Morgan fingerprint density at radius 3 is 2.60 bits per heavy atom. The van der Waals surface area contributed by atoms with Gasteiger partial charge in [-0.15, -0.1) is 0 Å². The fraction of sp³-hybridized carbons (Fsp3) is 0.250. The minimum Gasteiger partial charge on any atom is -0.378 e. The van der Waals surface area contributed by atoms with E-state index in [2.05, 4.69) is 22.5 Å². The van der Waals surface area contributed by atoms with E-state index in [1.165, 1.54) is 0 Å². The van der Waals surface area contributed by atoms with Crippen LogP contribution in [0.15, 0.2) is 48.8 Å². The van der Waals surface area contributed by atoms with Crippen LogP contribution < -0.4 is 10.6 Å². The van der Waals surface area contributed by atoms with Gasteiger partial charge >= 0.3 is 0 Å². The van der Waals surface area contributed by atoms with Gasteiger partial charge in [-0.1, -0.05) is 18.2 Å². The van der Waals surface area contributed by atoms with Gasteiger partial charge in [-0.25, -0.2) is 0 Å². The van der Waals surface area contributed by atoms with Crippen molar-refractivity contribution in [2.24, 2.45) is 0 Å². The Hall–Kier alpha value is -2.36. The predicted octanol–water partition coefficient (Wildman–Crippen LogP) is 2.54. The van der Waals surface area contributed by atoms with Crippen LogP contribution in [0.3, 0.4) is 0 Å². The number of rotatable bonds is 5. The first-order valence-corrected chi connectivity index (χ1v) is 6.65. The maximum absolute atomic E-state index is 11.3. The van der Waals surface area contributed by atoms with E-state index in [4.69, 9.17) is 0 Å². The molecule has 1 aromatic heterocycles. The minimum absolute atomic E-state index is 0.0226. The van der Waals surface area contributed by atoms with Gasteiger partial charge in [0.05, 0.1) is 12.5 Å². The average molecular weight is 269 g/mol. The first kappa shape index (κ1) is 14.1. The minimum atomic E-state index is 0.0226. The van der Waals surface area contributed by atoms with Crippen molar-refractivity contribution in [2.45, 2.75) is 19.4 Å². The maximum atomic E-state index is 11.3. The first-order valence-electron chi connectivity index (χ1n) is 6.65. The van der Waals surface area contributed by atoms with E-state index >= 15 is 0 Å². The number of hydrogen-bond donors (Lipinski definition) is 2. The average Bonchev–Trinajstić information content (AvgIpc) is 2.50. The Morgan fingerprint density at radius 2 is 2.00 bits per heavy atom. The van der Waals surface area contributed by atoms with Gasteiger partial charge in [0.15, 0.2) is 0 Å². The Bertz CT molecular complexity index is 552. The van der Waals surface area contributed by atoms with Gasteiger partial charge in [0.2, 0.25) is 5.91 Å². The summed E-state index contributed by atoms with van der Waals surface area (Å²) >= 11 is 0. The zero-order valence-electron chi connectivity index (χ0n) is 11.8. The van der Waals surface area contributed by atoms with E-state index in [-0.39, 0.29) is 11.9 Å². The van der Waals surface area contributed by atoms with Crippen LogP contribution in [0.2, 0.25) is 0 Å². The monoisotopic (exact) mass is 269 g/mol. The summed E-state index contributed by atoms with van der Waals surface area (Å²) in [4.78, 5) is 15.4. The summed E-state index contributed by atoms with van der Waals surface area (Å²) in [6, 6.07) is 12.1. The Kier molecular flexibility index (Phi) is 4.71. The molecule has 0 saturated heterocycles. The normalized spacial score (nSPS) is 11.7. The molecule has 2 N–H and O–H groups in total. The highest BCUT2D eigenvalue weighted by atomic mass is 16.1. The predicted molar refractivity (Wildman–Crippen MR) is 80.5 cm³/mol. The molecule has 0 bridgehead atoms. The zero-order valence-corrected chi connectivity index (χ0v) is 11.8. The molecule has 0 fully saturated rings. The third-order valence-corrected chi connectivity index (χ3v) is 3.17. The summed E-state index contributed by atoms with van der Waals surface area (Å²) in [7, 11) is 1.65. The number of carbonyl (C=O) groups excluding carboxylic acids is 1. The van der Waals surface area contributed by atoms with Crippen molar-refractivity contribution in [3.8, 4) is 0 Å². The van der Waals surface area contributed by atoms with Gasteiger partial charge < -0.3 is 10.6 Å². The molecule has 4 nitrogen and oxygen atoms in total. The number of hydrogen-bond acceptors (Lipinski definition) is 3. The highest BCUT2D eigenvalue weighted by molar-refractivity contribution is 5.78. The number of carbonyl (C=O) groups is 1. The molecule has 0 aliphatic rings. The van der Waals surface area contributed by atoms with Crippen LogP contribution >= 0.6 is 0 Å². The van der Waals surface area contributed by atoms with Gasteiger partial charge in [-0.2, -0.15) is 0 Å². The first-order chi connectivity index (χ1) is 9.69. The van der Waals surface area contributed by atoms with Crippen LogP contribution in [0.1, 0.15) is 24.1 Å². The molecule has 1 amide bonds. The number of aromatic nitrogens is 1. The van der Waals surface area contributed by atoms with E-state index in [1.807, 2.05) is 42.6 Å². The van der Waals surface area contributed by atoms with Crippen LogP contribution in [0.4, 0.5) is 5.69 Å². The molecule has 0 radical (unpaired) electrons. The highest BCUT2D eigenvalue weighted by Crippen LogP contribution is 2.18. The molecule has 0 aliphatic carbocycles. The summed E-state index contributed by atoms with van der Waals surface area (Å²) in [6.45, 7) is 2.09. The number of nitrogens with one attached hydrogen (secondary N) is 2. The Labute approximate surface area is 119 Å². The molecular formula is C16H19N3O. The second-order valence-electron chi connectivity index (χ2n) is 4.70. The second-order valence-corrected chi connectivity index (χ2v) is 4.70. The lowest BCUT2D eigenvalue weighted by Gasteiger charge is -2.15. The van der Waals surface area contributed by atoms with Crippen molar-refractivity contribution in [3.63, 3.8) is 0 Å². The van der Waals surface area contributed by atoms with E-state index in [9.17, 15) is 4.79 Å². The molecular weight excluding hydrogens is 250 g/mol. The molecule has 1 aromatic carbocycles. The van der Waals surface area contributed by atoms with E-state index in [0.29, 0.717) is 6.42 Å². The van der Waals surface area contributed by atoms with Crippen molar-refractivity contribution in [1.29, 1.82) is 0 Å². The molecule has 1 heterocycles. The van der Waals surface area contributed by atoms with Gasteiger partial charge in [-0.05, 0) is 36.2 Å². The number of pyridine rings is 1. The van der Waals surface area contributed by atoms with E-state index in [0.717, 1.165) is 16.8 Å². The quantitative estimate of drug-likeness (QED) is 0.877. The smallest absolute Gasteiger partial charge is 0.224 e. The fourth-order valence-corrected chi connectivity index (χ4v) is 1.96. The van der Waals surface area contributed by atoms with E-state index < -0.39 is 0 Å². The molecule has 1 atom stereocenters. The van der Waals surface area contributed by atoms with Gasteiger partial charge in [-0.3, -0.25) is 9.78 Å². The molecule has 0 spiro atoms. The summed E-state index contributed by atoms with van der Waals surface area (Å²) in [5, 5.41) is 6.03. The topological polar surface area (TPSA) is 54.0 Å². The Balaban J connectivity index is 1.98. The lowest BCUT2D eigenvalue weighted by atomic mass is 10.1. The van der Waals surface area contributed by atoms with Crippen molar-refractivity contribution in [2.75, 3.05) is 12.4 Å². The van der Waals surface area contributed by atoms with E-state index in [1.54, 1.807) is 13.2 Å². The third kappa shape index (κ3) is 3.82. The number of nitrogens with zero attached hydrogens (tertiary/aromatic N) is 1. The highest BCUT2D eigenvalue weighted by Gasteiger charge is 2.05. The molecule has 1 unspecified atom stereocenters. The van der Waals surface area contributed by atoms with Crippen molar-refractivity contribution in [3.05, 3.63) is 59.9 Å². The van der Waals surface area contributed by atoms with Crippen molar-refractivity contribution < 1.29 is 4.79 Å². The van der Waals surface area contributed by atoms with Gasteiger partial charge in [0, 0.05) is 25.1 Å². The standard InChI is InChI=1S/C16H19N3O/c1-12(14-4-3-9-18-11-14)19-15-7-5-13(6-8-15)10-16(20)17-2/h3-9,11-12,19H,10H2,1-2H3,(H,17,20). The molecule has 20 heavy (non-hydrogen) atoms. The van der Waals surface area contributed by atoms with Crippen molar-refractivity contribution in [1.82, 2.24) is 10.3 Å². The van der Waals surface area contributed by atoms with Crippen molar-refractivity contribution >= 4 is 11.6 Å². The molecule has 2 aromatic rings. The lowest BCUT2D eigenvalue weighted by molar-refractivity contribution is -0.119. The number of benzene rings is 1. The molecule has 4 heteroatoms. The SMILES string of the molecule is CNC(=O)Cc1ccc(NC(C)c2cccnc2)cc1. The maximum Gasteiger partial charge on any atom is 0.224 e.